The number of ether oxygens (including phenoxy) is 2. The summed E-state index contributed by atoms with van der Waals surface area (Å²) in [5.74, 6) is -0.0622. The van der Waals surface area contributed by atoms with Crippen molar-refractivity contribution in [2.75, 3.05) is 17.7 Å². The van der Waals surface area contributed by atoms with E-state index in [9.17, 15) is 19.2 Å². The van der Waals surface area contributed by atoms with Crippen molar-refractivity contribution in [2.24, 2.45) is 0 Å². The van der Waals surface area contributed by atoms with Gasteiger partial charge in [-0.15, -0.1) is 11.3 Å². The summed E-state index contributed by atoms with van der Waals surface area (Å²) >= 11 is 1.10. The number of aromatic nitrogens is 2. The smallest absolute Gasteiger partial charge is 0.266 e. The van der Waals surface area contributed by atoms with Crippen molar-refractivity contribution in [3.63, 3.8) is 0 Å². The third-order valence-corrected chi connectivity index (χ3v) is 7.63. The number of fused-ring (bicyclic) bond motifs is 2. The van der Waals surface area contributed by atoms with Crippen LogP contribution in [0.25, 0.3) is 10.2 Å². The number of nitrogens with one attached hydrogen (secondary N) is 2. The molecule has 1 aliphatic heterocycles. The molecule has 0 aliphatic carbocycles. The summed E-state index contributed by atoms with van der Waals surface area (Å²) < 4.78 is 12.1. The van der Waals surface area contributed by atoms with E-state index in [0.717, 1.165) is 11.3 Å². The number of rotatable bonds is 6. The van der Waals surface area contributed by atoms with Gasteiger partial charge in [0.1, 0.15) is 16.3 Å². The van der Waals surface area contributed by atoms with E-state index in [2.05, 4.69) is 15.6 Å². The van der Waals surface area contributed by atoms with Crippen LogP contribution in [0, 0.1) is 6.92 Å². The van der Waals surface area contributed by atoms with Crippen LogP contribution in [-0.4, -0.2) is 40.4 Å². The average Bonchev–Trinajstić information content (AvgIpc) is 3.26. The molecular weight excluding hydrogens is 508 g/mol. The van der Waals surface area contributed by atoms with Gasteiger partial charge in [0, 0.05) is 5.56 Å². The van der Waals surface area contributed by atoms with Crippen molar-refractivity contribution >= 4 is 50.5 Å². The van der Waals surface area contributed by atoms with E-state index in [4.69, 9.17) is 9.47 Å². The lowest BCUT2D eigenvalue weighted by molar-refractivity contribution is -0.122. The monoisotopic (exact) mass is 532 g/mol. The van der Waals surface area contributed by atoms with Gasteiger partial charge in [-0.3, -0.25) is 23.7 Å². The van der Waals surface area contributed by atoms with Gasteiger partial charge in [-0.05, 0) is 56.7 Å². The number of hydrogen-bond acceptors (Lipinski definition) is 8. The highest BCUT2D eigenvalue weighted by atomic mass is 32.1. The van der Waals surface area contributed by atoms with E-state index in [1.165, 1.54) is 24.1 Å². The minimum absolute atomic E-state index is 0.280. The molecule has 2 amide bonds. The zero-order valence-electron chi connectivity index (χ0n) is 21.0. The van der Waals surface area contributed by atoms with Crippen LogP contribution in [0.3, 0.4) is 0 Å². The number of Topliss-reactive ketones (excluding diaryl/α,β-unsaturated/α-hetero) is 1. The van der Waals surface area contributed by atoms with E-state index in [1.807, 2.05) is 0 Å². The topological polar surface area (TPSA) is 129 Å². The minimum Gasteiger partial charge on any atom is -0.495 e. The van der Waals surface area contributed by atoms with Gasteiger partial charge in [-0.2, -0.15) is 0 Å². The second kappa shape index (κ2) is 9.75. The van der Waals surface area contributed by atoms with Crippen molar-refractivity contribution in [2.45, 2.75) is 32.9 Å². The third-order valence-electron chi connectivity index (χ3n) is 6.43. The molecule has 1 aliphatic rings. The van der Waals surface area contributed by atoms with Crippen molar-refractivity contribution in [3.05, 3.63) is 75.1 Å². The predicted molar refractivity (Wildman–Crippen MR) is 144 cm³/mol. The van der Waals surface area contributed by atoms with E-state index in [1.54, 1.807) is 57.2 Å². The molecule has 2 unspecified atom stereocenters. The number of ketones is 1. The third kappa shape index (κ3) is 4.30. The zero-order valence-corrected chi connectivity index (χ0v) is 21.8. The number of thiophene rings is 1. The Balaban J connectivity index is 1.45. The Hall–Kier alpha value is -4.51. The van der Waals surface area contributed by atoms with Crippen LogP contribution in [0.1, 0.15) is 45.5 Å². The zero-order chi connectivity index (χ0) is 27.1. The fourth-order valence-electron chi connectivity index (χ4n) is 4.29. The van der Waals surface area contributed by atoms with Gasteiger partial charge in [-0.25, -0.2) is 4.98 Å². The highest BCUT2D eigenvalue weighted by Gasteiger charge is 2.27. The number of hydrogen-bond donors (Lipinski definition) is 2. The molecule has 194 valence electrons. The Labute approximate surface area is 221 Å². The quantitative estimate of drug-likeness (QED) is 0.356. The van der Waals surface area contributed by atoms with Crippen LogP contribution >= 0.6 is 11.3 Å². The summed E-state index contributed by atoms with van der Waals surface area (Å²) in [7, 11) is 1.51. The summed E-state index contributed by atoms with van der Waals surface area (Å²) in [5.41, 5.74) is 1.26. The van der Waals surface area contributed by atoms with Crippen LogP contribution < -0.4 is 25.7 Å². The molecule has 10 nitrogen and oxygen atoms in total. The van der Waals surface area contributed by atoms with E-state index in [-0.39, 0.29) is 17.1 Å². The predicted octanol–water partition coefficient (Wildman–Crippen LogP) is 4.19. The van der Waals surface area contributed by atoms with Crippen LogP contribution in [-0.2, 0) is 4.79 Å². The first-order chi connectivity index (χ1) is 18.2. The summed E-state index contributed by atoms with van der Waals surface area (Å²) in [4.78, 5) is 57.0. The largest absolute Gasteiger partial charge is 0.495 e. The molecule has 11 heteroatoms. The molecule has 2 aromatic heterocycles. The van der Waals surface area contributed by atoms with E-state index >= 15 is 0 Å². The Morgan fingerprint density at radius 2 is 1.97 bits per heavy atom. The molecule has 0 fully saturated rings. The van der Waals surface area contributed by atoms with Crippen molar-refractivity contribution in [1.29, 1.82) is 0 Å². The van der Waals surface area contributed by atoms with Gasteiger partial charge in [0.15, 0.2) is 11.9 Å². The fourth-order valence-corrected chi connectivity index (χ4v) is 5.32. The first-order valence-corrected chi connectivity index (χ1v) is 12.6. The number of benzene rings is 2. The Morgan fingerprint density at radius 3 is 2.74 bits per heavy atom. The van der Waals surface area contributed by atoms with Crippen molar-refractivity contribution < 1.29 is 23.9 Å². The second-order valence-corrected chi connectivity index (χ2v) is 9.85. The molecular formula is C27H24N4O6S. The fraction of sp³-hybridized carbons (Fsp3) is 0.222. The van der Waals surface area contributed by atoms with Gasteiger partial charge < -0.3 is 20.1 Å². The number of methoxy groups -OCH3 is 1. The van der Waals surface area contributed by atoms with Gasteiger partial charge in [0.2, 0.25) is 0 Å². The molecule has 38 heavy (non-hydrogen) atoms. The molecule has 2 N–H and O–H groups in total. The maximum atomic E-state index is 13.5. The molecule has 2 atom stereocenters. The highest BCUT2D eigenvalue weighted by Crippen LogP contribution is 2.32. The number of anilines is 2. The molecule has 3 heterocycles. The first-order valence-electron chi connectivity index (χ1n) is 11.8. The second-order valence-electron chi connectivity index (χ2n) is 8.85. The van der Waals surface area contributed by atoms with Crippen molar-refractivity contribution in [3.8, 4) is 11.5 Å². The number of carbonyl (C=O) groups is 3. The number of amides is 2. The van der Waals surface area contributed by atoms with Gasteiger partial charge in [0.05, 0.1) is 41.1 Å². The summed E-state index contributed by atoms with van der Waals surface area (Å²) in [6.07, 6.45) is 0.686. The lowest BCUT2D eigenvalue weighted by Crippen LogP contribution is -2.34. The number of carbonyl (C=O) groups excluding carboxylic acids is 3. The highest BCUT2D eigenvalue weighted by molar-refractivity contribution is 7.20. The number of para-hydroxylation sites is 2. The summed E-state index contributed by atoms with van der Waals surface area (Å²) in [6, 6.07) is 10.9. The average molecular weight is 533 g/mol. The Kier molecular flexibility index (Phi) is 6.45. The van der Waals surface area contributed by atoms with Crippen LogP contribution in [0.15, 0.2) is 53.6 Å². The maximum absolute atomic E-state index is 13.5. The van der Waals surface area contributed by atoms with Crippen LogP contribution in [0.5, 0.6) is 11.5 Å². The van der Waals surface area contributed by atoms with Gasteiger partial charge >= 0.3 is 0 Å². The first kappa shape index (κ1) is 25.2. The van der Waals surface area contributed by atoms with Crippen molar-refractivity contribution in [1.82, 2.24) is 9.55 Å². The molecule has 5 rings (SSSR count). The van der Waals surface area contributed by atoms with Crippen LogP contribution in [0.4, 0.5) is 11.4 Å². The molecule has 0 saturated heterocycles. The normalized spacial score (nSPS) is 15.3. The van der Waals surface area contributed by atoms with Gasteiger partial charge in [0.25, 0.3) is 17.4 Å². The molecule has 0 radical (unpaired) electrons. The SMILES string of the molecule is COc1ccccc1NC(=O)c1sc2ncn(C(C)C(=O)c3ccc4c(c3)NC(=O)C(C)O4)c(=O)c2c1C. The van der Waals surface area contributed by atoms with Crippen LogP contribution in [0.2, 0.25) is 0 Å². The number of nitrogens with zero attached hydrogens (tertiary/aromatic N) is 2. The molecule has 4 aromatic rings. The summed E-state index contributed by atoms with van der Waals surface area (Å²) in [5, 5.41) is 5.83. The lowest BCUT2D eigenvalue weighted by Gasteiger charge is -2.24. The lowest BCUT2D eigenvalue weighted by atomic mass is 10.0. The summed E-state index contributed by atoms with van der Waals surface area (Å²) in [6.45, 7) is 4.92. The van der Waals surface area contributed by atoms with E-state index < -0.39 is 23.6 Å². The van der Waals surface area contributed by atoms with Gasteiger partial charge in [-0.1, -0.05) is 12.1 Å². The number of aryl methyl sites for hydroxylation is 1. The van der Waals surface area contributed by atoms with E-state index in [0.29, 0.717) is 43.7 Å². The molecule has 0 bridgehead atoms. The minimum atomic E-state index is -0.887. The maximum Gasteiger partial charge on any atom is 0.266 e. The molecule has 0 saturated carbocycles. The molecule has 0 spiro atoms. The Bertz CT molecular complexity index is 1670. The standard InChI is InChI=1S/C27H24N4O6S/c1-13-21-26(38-23(13)25(34)29-17-7-5-6-8-19(17)36-4)28-12-31(27(21)35)14(2)22(32)16-9-10-20-18(11-16)30-24(33)15(3)37-20/h5-12,14-15H,1-4H3,(H,29,34)(H,30,33). The molecule has 2 aromatic carbocycles. The Morgan fingerprint density at radius 1 is 1.21 bits per heavy atom.